The fourth-order valence-electron chi connectivity index (χ4n) is 2.41. The average Bonchev–Trinajstić information content (AvgIpc) is 2.66. The second-order valence-corrected chi connectivity index (χ2v) is 4.78. The number of nitrogens with zero attached hydrogens (tertiary/aromatic N) is 3. The van der Waals surface area contributed by atoms with Gasteiger partial charge in [-0.25, -0.2) is 4.98 Å². The molecular formula is C11H15N5O. The van der Waals surface area contributed by atoms with E-state index in [4.69, 9.17) is 5.73 Å². The van der Waals surface area contributed by atoms with Crippen LogP contribution in [0.3, 0.4) is 0 Å². The van der Waals surface area contributed by atoms with Crippen LogP contribution in [0.4, 0.5) is 11.8 Å². The molecule has 6 nitrogen and oxygen atoms in total. The lowest BCUT2D eigenvalue weighted by Gasteiger charge is -2.46. The zero-order chi connectivity index (χ0) is 12.2. The van der Waals surface area contributed by atoms with E-state index in [1.165, 1.54) is 0 Å². The van der Waals surface area contributed by atoms with Gasteiger partial charge in [0.15, 0.2) is 0 Å². The van der Waals surface area contributed by atoms with E-state index in [9.17, 15) is 4.79 Å². The van der Waals surface area contributed by atoms with E-state index in [0.717, 1.165) is 6.54 Å². The maximum Gasteiger partial charge on any atom is 0.257 e. The molecule has 0 aromatic carbocycles. The molecule has 0 spiro atoms. The van der Waals surface area contributed by atoms with E-state index in [2.05, 4.69) is 34.0 Å². The summed E-state index contributed by atoms with van der Waals surface area (Å²) in [4.78, 5) is 22.2. The Kier molecular flexibility index (Phi) is 2.01. The molecule has 3 N–H and O–H groups in total. The van der Waals surface area contributed by atoms with Crippen LogP contribution in [-0.4, -0.2) is 28.5 Å². The molecule has 1 saturated heterocycles. The Balaban J connectivity index is 2.08. The summed E-state index contributed by atoms with van der Waals surface area (Å²) in [5, 5.41) is 2.76. The lowest BCUT2D eigenvalue weighted by molar-refractivity contribution is 0.0965. The molecule has 90 valence electrons. The van der Waals surface area contributed by atoms with Gasteiger partial charge in [-0.15, -0.1) is 0 Å². The first-order valence-electron chi connectivity index (χ1n) is 5.79. The Hall–Kier alpha value is -1.85. The average molecular weight is 233 g/mol. The van der Waals surface area contributed by atoms with Gasteiger partial charge in [-0.05, 0) is 12.8 Å². The number of nitrogen functional groups attached to an aromatic ring is 1. The summed E-state index contributed by atoms with van der Waals surface area (Å²) in [6.45, 7) is 5.68. The normalized spacial score (nSPS) is 26.5. The summed E-state index contributed by atoms with van der Waals surface area (Å²) >= 11 is 0. The molecule has 3 rings (SSSR count). The van der Waals surface area contributed by atoms with Gasteiger partial charge in [-0.2, -0.15) is 4.98 Å². The number of nitrogens with one attached hydrogen (secondary N) is 1. The summed E-state index contributed by atoms with van der Waals surface area (Å²) in [6, 6.07) is 0.391. The molecule has 1 unspecified atom stereocenters. The number of rotatable bonds is 1. The van der Waals surface area contributed by atoms with Crippen molar-refractivity contribution in [2.75, 3.05) is 17.2 Å². The first-order chi connectivity index (χ1) is 8.08. The highest BCUT2D eigenvalue weighted by Gasteiger charge is 2.37. The maximum atomic E-state index is 11.8. The molecule has 3 heterocycles. The third-order valence-corrected chi connectivity index (χ3v) is 3.70. The number of hydrogen-bond acceptors (Lipinski definition) is 5. The van der Waals surface area contributed by atoms with Crippen LogP contribution >= 0.6 is 0 Å². The Labute approximate surface area is 99.2 Å². The summed E-state index contributed by atoms with van der Waals surface area (Å²) in [6.07, 6.45) is 0. The highest BCUT2D eigenvalue weighted by molar-refractivity contribution is 6.02. The Morgan fingerprint density at radius 1 is 1.41 bits per heavy atom. The number of hydrogen-bond donors (Lipinski definition) is 2. The van der Waals surface area contributed by atoms with Crippen molar-refractivity contribution in [2.24, 2.45) is 5.92 Å². The summed E-state index contributed by atoms with van der Waals surface area (Å²) < 4.78 is 0. The summed E-state index contributed by atoms with van der Waals surface area (Å²) in [5.74, 6) is 1.45. The Morgan fingerprint density at radius 3 is 2.82 bits per heavy atom. The van der Waals surface area contributed by atoms with Crippen LogP contribution in [0, 0.1) is 5.92 Å². The Morgan fingerprint density at radius 2 is 2.18 bits per heavy atom. The molecule has 0 saturated carbocycles. The number of carbonyl (C=O) groups excluding carboxylic acids is 1. The second kappa shape index (κ2) is 3.32. The number of aromatic nitrogens is 2. The largest absolute Gasteiger partial charge is 0.368 e. The number of amides is 1. The minimum absolute atomic E-state index is 0.0956. The topological polar surface area (TPSA) is 84.1 Å². The number of nitrogens with two attached hydrogens (primary N) is 1. The van der Waals surface area contributed by atoms with Crippen LogP contribution in [-0.2, 0) is 6.54 Å². The van der Waals surface area contributed by atoms with Crippen LogP contribution in [0.5, 0.6) is 0 Å². The molecular weight excluding hydrogens is 218 g/mol. The van der Waals surface area contributed by atoms with Gasteiger partial charge < -0.3 is 16.0 Å². The first-order valence-corrected chi connectivity index (χ1v) is 5.79. The minimum atomic E-state index is -0.0956. The molecule has 6 heteroatoms. The van der Waals surface area contributed by atoms with Gasteiger partial charge >= 0.3 is 0 Å². The van der Waals surface area contributed by atoms with Crippen LogP contribution in [0.25, 0.3) is 0 Å². The van der Waals surface area contributed by atoms with Crippen molar-refractivity contribution in [3.8, 4) is 0 Å². The third kappa shape index (κ3) is 1.36. The molecule has 1 fully saturated rings. The maximum absolute atomic E-state index is 11.8. The van der Waals surface area contributed by atoms with E-state index >= 15 is 0 Å². The van der Waals surface area contributed by atoms with Crippen molar-refractivity contribution >= 4 is 17.7 Å². The second-order valence-electron chi connectivity index (χ2n) is 4.78. The minimum Gasteiger partial charge on any atom is -0.368 e. The molecule has 2 aliphatic rings. The predicted octanol–water partition coefficient (Wildman–Crippen LogP) is 0.147. The first kappa shape index (κ1) is 10.3. The van der Waals surface area contributed by atoms with Gasteiger partial charge in [0.1, 0.15) is 11.4 Å². The standard InChI is InChI=1S/C11H15N5O/c1-5-4-16(6(5)2)9-8-7(3-13-10(8)17)14-11(12)15-9/h5-6H,3-4H2,1-2H3,(H,13,17)(H2,12,14,15)/t5-,6?/m0/s1. The van der Waals surface area contributed by atoms with E-state index in [1.54, 1.807) is 0 Å². The van der Waals surface area contributed by atoms with Crippen LogP contribution in [0.1, 0.15) is 29.9 Å². The van der Waals surface area contributed by atoms with Gasteiger partial charge in [-0.1, -0.05) is 6.92 Å². The fourth-order valence-corrected chi connectivity index (χ4v) is 2.41. The van der Waals surface area contributed by atoms with Crippen LogP contribution < -0.4 is 16.0 Å². The highest BCUT2D eigenvalue weighted by atomic mass is 16.2. The molecule has 1 aromatic heterocycles. The molecule has 0 bridgehead atoms. The SMILES string of the molecule is CC1[C@@H](C)CN1c1nc(N)nc2c1C(=O)NC2. The molecule has 2 aliphatic heterocycles. The summed E-state index contributed by atoms with van der Waals surface area (Å²) in [7, 11) is 0. The van der Waals surface area contributed by atoms with Crippen molar-refractivity contribution in [1.82, 2.24) is 15.3 Å². The third-order valence-electron chi connectivity index (χ3n) is 3.70. The van der Waals surface area contributed by atoms with Crippen molar-refractivity contribution < 1.29 is 4.79 Å². The van der Waals surface area contributed by atoms with Crippen LogP contribution in [0.2, 0.25) is 0 Å². The smallest absolute Gasteiger partial charge is 0.257 e. The number of fused-ring (bicyclic) bond motifs is 1. The van der Waals surface area contributed by atoms with Crippen molar-refractivity contribution in [3.05, 3.63) is 11.3 Å². The van der Waals surface area contributed by atoms with Crippen molar-refractivity contribution in [1.29, 1.82) is 0 Å². The van der Waals surface area contributed by atoms with Crippen molar-refractivity contribution in [3.63, 3.8) is 0 Å². The molecule has 0 radical (unpaired) electrons. The van der Waals surface area contributed by atoms with E-state index < -0.39 is 0 Å². The van der Waals surface area contributed by atoms with Gasteiger partial charge in [0, 0.05) is 12.6 Å². The van der Waals surface area contributed by atoms with Crippen LogP contribution in [0.15, 0.2) is 0 Å². The fraction of sp³-hybridized carbons (Fsp3) is 0.545. The molecule has 2 atom stereocenters. The zero-order valence-corrected chi connectivity index (χ0v) is 9.90. The van der Waals surface area contributed by atoms with Gasteiger partial charge in [0.2, 0.25) is 5.95 Å². The highest BCUT2D eigenvalue weighted by Crippen LogP contribution is 2.34. The molecule has 17 heavy (non-hydrogen) atoms. The predicted molar refractivity (Wildman–Crippen MR) is 63.6 cm³/mol. The van der Waals surface area contributed by atoms with Crippen molar-refractivity contribution in [2.45, 2.75) is 26.4 Å². The molecule has 1 amide bonds. The quantitative estimate of drug-likeness (QED) is 0.721. The van der Waals surface area contributed by atoms with E-state index in [-0.39, 0.29) is 11.9 Å². The number of anilines is 2. The summed E-state index contributed by atoms with van der Waals surface area (Å²) in [5.41, 5.74) is 6.99. The molecule has 0 aliphatic carbocycles. The number of carbonyl (C=O) groups is 1. The van der Waals surface area contributed by atoms with E-state index in [0.29, 0.717) is 35.6 Å². The molecule has 1 aromatic rings. The van der Waals surface area contributed by atoms with E-state index in [1.807, 2.05) is 0 Å². The lowest BCUT2D eigenvalue weighted by Crippen LogP contribution is -2.54. The van der Waals surface area contributed by atoms with Gasteiger partial charge in [-0.3, -0.25) is 4.79 Å². The Bertz CT molecular complexity index is 501. The zero-order valence-electron chi connectivity index (χ0n) is 9.90. The van der Waals surface area contributed by atoms with Gasteiger partial charge in [0.25, 0.3) is 5.91 Å². The monoisotopic (exact) mass is 233 g/mol. The van der Waals surface area contributed by atoms with Gasteiger partial charge in [0.05, 0.1) is 12.2 Å². The lowest BCUT2D eigenvalue weighted by atomic mass is 9.91.